The molecule has 0 aliphatic carbocycles. The number of ketones is 1. The number of aromatic carboxylic acids is 1. The van der Waals surface area contributed by atoms with Crippen molar-refractivity contribution in [3.63, 3.8) is 0 Å². The first-order valence-corrected chi connectivity index (χ1v) is 14.0. The molecule has 0 aromatic carbocycles. The zero-order valence-corrected chi connectivity index (χ0v) is 27.3. The summed E-state index contributed by atoms with van der Waals surface area (Å²) in [5, 5.41) is 11.9. The Kier molecular flexibility index (Phi) is 24.6. The highest BCUT2D eigenvalue weighted by Gasteiger charge is 2.12. The number of carboxylic acids is 1. The molecule has 0 amide bonds. The second-order valence-electron chi connectivity index (χ2n) is 6.28. The van der Waals surface area contributed by atoms with Gasteiger partial charge in [-0.15, -0.1) is 35.1 Å². The molecule has 0 saturated heterocycles. The molecule has 240 valence electrons. The quantitative estimate of drug-likeness (QED) is 0.0417. The molecule has 2 aromatic heterocycles. The molecular weight excluding hydrogens is 720 g/mol. The van der Waals surface area contributed by atoms with Crippen molar-refractivity contribution in [2.45, 2.75) is 13.8 Å². The third kappa shape index (κ3) is 23.1. The molecule has 24 heteroatoms. The van der Waals surface area contributed by atoms with E-state index in [1.807, 2.05) is 0 Å². The van der Waals surface area contributed by atoms with Gasteiger partial charge in [0.1, 0.15) is 0 Å². The molecule has 2 aromatic rings. The molecule has 15 N–H and O–H groups in total. The second-order valence-corrected chi connectivity index (χ2v) is 8.93. The highest BCUT2D eigenvalue weighted by Crippen LogP contribution is 2.19. The number of nitrogens with two attached hydrogens (primary N) is 7. The lowest BCUT2D eigenvalue weighted by Crippen LogP contribution is -2.25. The highest BCUT2D eigenvalue weighted by atomic mass is 79.9. The Morgan fingerprint density at radius 3 is 1.60 bits per heavy atom. The van der Waals surface area contributed by atoms with Crippen molar-refractivity contribution >= 4 is 120 Å². The van der Waals surface area contributed by atoms with E-state index in [1.165, 1.54) is 16.7 Å². The molecule has 2 rings (SSSR count). The lowest BCUT2D eigenvalue weighted by Gasteiger charge is -1.95. The number of carbonyl (C=O) groups is 4. The molecule has 43 heavy (non-hydrogen) atoms. The summed E-state index contributed by atoms with van der Waals surface area (Å²) in [5.74, 6) is -3.21. The van der Waals surface area contributed by atoms with E-state index in [-0.39, 0.29) is 63.9 Å². The van der Waals surface area contributed by atoms with Crippen LogP contribution in [0, 0.1) is 0 Å². The van der Waals surface area contributed by atoms with Crippen LogP contribution in [0.25, 0.3) is 0 Å². The first-order valence-electron chi connectivity index (χ1n) is 10.7. The zero-order valence-electron chi connectivity index (χ0n) is 22.5. The number of carbonyl (C=O) groups excluding carboxylic acids is 3. The molecule has 0 atom stereocenters. The predicted octanol–water partition coefficient (Wildman–Crippen LogP) is -0.590. The van der Waals surface area contributed by atoms with Crippen LogP contribution in [0.4, 0.5) is 10.3 Å². The van der Waals surface area contributed by atoms with Gasteiger partial charge in [-0.2, -0.15) is 15.0 Å². The van der Waals surface area contributed by atoms with Gasteiger partial charge in [-0.1, -0.05) is 15.9 Å². The minimum absolute atomic E-state index is 0. The van der Waals surface area contributed by atoms with Crippen LogP contribution in [0.1, 0.15) is 34.8 Å². The van der Waals surface area contributed by atoms with Crippen molar-refractivity contribution in [3.05, 3.63) is 22.1 Å². The van der Waals surface area contributed by atoms with Crippen LogP contribution in [0.3, 0.4) is 0 Å². The molecular formula is C19H30BrClN12O7S3. The van der Waals surface area contributed by atoms with Crippen LogP contribution in [-0.4, -0.2) is 80.3 Å². The summed E-state index contributed by atoms with van der Waals surface area (Å²) in [6.45, 7) is 3.94. The summed E-state index contributed by atoms with van der Waals surface area (Å²) in [6.07, 6.45) is 0. The van der Waals surface area contributed by atoms with Crippen LogP contribution in [0.15, 0.2) is 25.7 Å². The van der Waals surface area contributed by atoms with E-state index < -0.39 is 23.7 Å². The Hall–Kier alpha value is -4.19. The molecule has 0 unspecified atom stereocenters. The number of halogens is 2. The lowest BCUT2D eigenvalue weighted by molar-refractivity contribution is -0.152. The maximum atomic E-state index is 11.2. The third-order valence-corrected chi connectivity index (χ3v) is 5.07. The van der Waals surface area contributed by atoms with Gasteiger partial charge in [-0.3, -0.25) is 4.79 Å². The molecule has 0 saturated carbocycles. The number of ether oxygens (including phenoxy) is 2. The fraction of sp³-hybridized carbons (Fsp3) is 0.263. The third-order valence-electron chi connectivity index (χ3n) is 3.00. The average Bonchev–Trinajstić information content (AvgIpc) is 3.53. The first-order chi connectivity index (χ1) is 19.6. The molecule has 0 spiro atoms. The summed E-state index contributed by atoms with van der Waals surface area (Å²) in [6, 6.07) is 0. The van der Waals surface area contributed by atoms with Crippen LogP contribution in [0.5, 0.6) is 0 Å². The number of nitrogens with zero attached hydrogens (tertiary/aromatic N) is 5. The number of rotatable bonds is 8. The van der Waals surface area contributed by atoms with E-state index >= 15 is 0 Å². The lowest BCUT2D eigenvalue weighted by atomic mass is 10.5. The Morgan fingerprint density at radius 1 is 0.860 bits per heavy atom. The monoisotopic (exact) mass is 748 g/mol. The molecule has 19 nitrogen and oxygen atoms in total. The van der Waals surface area contributed by atoms with Crippen molar-refractivity contribution in [1.29, 1.82) is 0 Å². The van der Waals surface area contributed by atoms with E-state index in [2.05, 4.69) is 57.8 Å². The average molecular weight is 750 g/mol. The number of hydrogen-bond donors (Lipinski definition) is 8. The van der Waals surface area contributed by atoms with Crippen molar-refractivity contribution in [1.82, 2.24) is 9.97 Å². The number of alkyl halides is 1. The minimum Gasteiger partial charge on any atom is -0.476 e. The second kappa shape index (κ2) is 24.4. The van der Waals surface area contributed by atoms with Crippen LogP contribution < -0.4 is 40.1 Å². The summed E-state index contributed by atoms with van der Waals surface area (Å²) in [5.41, 5.74) is 35.2. The number of esters is 2. The van der Waals surface area contributed by atoms with E-state index in [0.717, 1.165) is 11.3 Å². The van der Waals surface area contributed by atoms with Gasteiger partial charge in [0, 0.05) is 10.8 Å². The molecule has 0 fully saturated rings. The van der Waals surface area contributed by atoms with Gasteiger partial charge in [0.2, 0.25) is 16.0 Å². The van der Waals surface area contributed by atoms with Gasteiger partial charge >= 0.3 is 17.9 Å². The van der Waals surface area contributed by atoms with E-state index in [9.17, 15) is 19.2 Å². The van der Waals surface area contributed by atoms with Crippen molar-refractivity contribution < 1.29 is 33.8 Å². The molecule has 0 radical (unpaired) electrons. The number of hydrogen-bond acceptors (Lipinski definition) is 13. The first kappa shape index (κ1) is 43.3. The SMILES string of the molecule is CCOC(=O)C(=O)CBr.CCOC(=O)c1csc(N=C(N)N)n1.Cl.NC(=S)N=C(N)N.NC(N)=Nc1nc(C(=O)O)cs1. The van der Waals surface area contributed by atoms with Crippen LogP contribution in [-0.2, 0) is 19.1 Å². The molecule has 0 aliphatic rings. The Bertz CT molecular complexity index is 1290. The highest BCUT2D eigenvalue weighted by molar-refractivity contribution is 9.09. The molecule has 2 heterocycles. The number of carboxylic acid groups (broad SMARTS) is 1. The minimum atomic E-state index is -1.09. The van der Waals surface area contributed by atoms with Crippen molar-refractivity contribution in [3.8, 4) is 0 Å². The van der Waals surface area contributed by atoms with Crippen LogP contribution in [0.2, 0.25) is 0 Å². The number of Topliss-reactive ketones (excluding diaryl/α,β-unsaturated/α-hetero) is 1. The Labute approximate surface area is 272 Å². The van der Waals surface area contributed by atoms with Gasteiger partial charge < -0.3 is 54.7 Å². The normalized spacial score (nSPS) is 8.72. The summed E-state index contributed by atoms with van der Waals surface area (Å²) in [7, 11) is 0. The summed E-state index contributed by atoms with van der Waals surface area (Å²) >= 11 is 9.38. The van der Waals surface area contributed by atoms with Gasteiger partial charge in [0.05, 0.1) is 18.5 Å². The smallest absolute Gasteiger partial charge is 0.375 e. The largest absolute Gasteiger partial charge is 0.476 e. The number of aliphatic imine (C=N–C) groups is 3. The number of thiazole rings is 2. The van der Waals surface area contributed by atoms with E-state index in [0.29, 0.717) is 11.7 Å². The van der Waals surface area contributed by atoms with Gasteiger partial charge in [-0.25, -0.2) is 24.4 Å². The number of guanidine groups is 3. The van der Waals surface area contributed by atoms with Gasteiger partial charge in [0.15, 0.2) is 34.4 Å². The standard InChI is InChI=1S/C7H10N4O2S.C5H7BrO3.C5H6N4O2S.C2H6N4S.ClH/c1-2-13-5(12)4-3-14-7(10-4)11-6(8)9;1-2-9-5(8)4(7)3-6;6-4(7)9-5-8-2(1-12-5)3(10)11;3-1(4)6-2(5)7;/h3H,2H2,1H3,(H4,8,9,10,11);2-3H2,1H3;1H,(H,10,11)(H4,6,7,8,9);(H6,3,4,5,6,7);1H. The zero-order chi connectivity index (χ0) is 32.8. The maximum Gasteiger partial charge on any atom is 0.375 e. The van der Waals surface area contributed by atoms with Gasteiger partial charge in [0.25, 0.3) is 0 Å². The van der Waals surface area contributed by atoms with Crippen LogP contribution >= 0.6 is 63.2 Å². The topological polar surface area (TPSA) is 352 Å². The van der Waals surface area contributed by atoms with E-state index in [4.69, 9.17) is 50.0 Å². The fourth-order valence-corrected chi connectivity index (χ4v) is 3.33. The number of thiocarbonyl (C=S) groups is 1. The summed E-state index contributed by atoms with van der Waals surface area (Å²) < 4.78 is 9.12. The van der Waals surface area contributed by atoms with E-state index in [1.54, 1.807) is 19.2 Å². The predicted molar refractivity (Wildman–Crippen MR) is 173 cm³/mol. The van der Waals surface area contributed by atoms with Gasteiger partial charge in [-0.05, 0) is 26.1 Å². The Balaban J connectivity index is -0.000000509. The number of aromatic nitrogens is 2. The molecule has 0 bridgehead atoms. The maximum absolute atomic E-state index is 11.2. The van der Waals surface area contributed by atoms with Crippen molar-refractivity contribution in [2.75, 3.05) is 18.5 Å². The fourth-order valence-electron chi connectivity index (χ4n) is 1.64. The Morgan fingerprint density at radius 2 is 1.30 bits per heavy atom. The molecule has 0 aliphatic heterocycles. The van der Waals surface area contributed by atoms with Crippen molar-refractivity contribution in [2.24, 2.45) is 55.1 Å². The summed E-state index contributed by atoms with van der Waals surface area (Å²) in [4.78, 5) is 60.3.